The number of amides is 1. The van der Waals surface area contributed by atoms with E-state index in [0.717, 1.165) is 44.9 Å². The Labute approximate surface area is 156 Å². The Morgan fingerprint density at radius 3 is 2.50 bits per heavy atom. The first-order chi connectivity index (χ1) is 12.4. The molecular weight excluding hydrogens is 352 g/mol. The van der Waals surface area contributed by atoms with Crippen LogP contribution in [0.3, 0.4) is 0 Å². The van der Waals surface area contributed by atoms with Crippen LogP contribution < -0.4 is 5.32 Å². The van der Waals surface area contributed by atoms with Crippen LogP contribution in [0.5, 0.6) is 0 Å². The number of nitrogens with zero attached hydrogens (tertiary/aromatic N) is 3. The van der Waals surface area contributed by atoms with Gasteiger partial charge in [0.25, 0.3) is 15.9 Å². The van der Waals surface area contributed by atoms with Crippen molar-refractivity contribution in [2.45, 2.75) is 76.4 Å². The van der Waals surface area contributed by atoms with Crippen LogP contribution in [0.25, 0.3) is 0 Å². The average molecular weight is 383 g/mol. The normalized spacial score (nSPS) is 20.5. The molecule has 1 aromatic rings. The van der Waals surface area contributed by atoms with Gasteiger partial charge in [-0.1, -0.05) is 26.7 Å². The van der Waals surface area contributed by atoms with Crippen LogP contribution >= 0.6 is 0 Å². The molecule has 1 aliphatic heterocycles. The fourth-order valence-corrected chi connectivity index (χ4v) is 5.34. The largest absolute Gasteiger partial charge is 0.349 e. The summed E-state index contributed by atoms with van der Waals surface area (Å²) in [5.74, 6) is 0.215. The third-order valence-corrected chi connectivity index (χ3v) is 7.28. The Morgan fingerprint density at radius 2 is 1.88 bits per heavy atom. The van der Waals surface area contributed by atoms with Crippen molar-refractivity contribution in [3.63, 3.8) is 0 Å². The first-order valence-electron chi connectivity index (χ1n) is 9.80. The molecule has 2 fully saturated rings. The van der Waals surface area contributed by atoms with Gasteiger partial charge in [-0.25, -0.2) is 8.42 Å². The molecule has 0 atom stereocenters. The van der Waals surface area contributed by atoms with Crippen LogP contribution in [0.15, 0.2) is 11.2 Å². The van der Waals surface area contributed by atoms with E-state index in [1.165, 1.54) is 4.31 Å². The molecule has 0 aromatic carbocycles. The molecule has 1 aromatic heterocycles. The van der Waals surface area contributed by atoms with Crippen LogP contribution in [0.4, 0.5) is 0 Å². The number of hydrogen-bond acceptors (Lipinski definition) is 4. The quantitative estimate of drug-likeness (QED) is 0.819. The van der Waals surface area contributed by atoms with E-state index in [9.17, 15) is 13.2 Å². The second-order valence-corrected chi connectivity index (χ2v) is 9.51. The van der Waals surface area contributed by atoms with Crippen LogP contribution in [0.2, 0.25) is 0 Å². The van der Waals surface area contributed by atoms with Gasteiger partial charge in [-0.3, -0.25) is 9.48 Å². The molecule has 2 aliphatic rings. The average Bonchev–Trinajstić information content (AvgIpc) is 3.25. The molecule has 26 heavy (non-hydrogen) atoms. The van der Waals surface area contributed by atoms with Gasteiger partial charge in [-0.2, -0.15) is 9.40 Å². The van der Waals surface area contributed by atoms with E-state index in [1.807, 2.05) is 6.92 Å². The monoisotopic (exact) mass is 382 g/mol. The van der Waals surface area contributed by atoms with Crippen molar-refractivity contribution < 1.29 is 13.2 Å². The Bertz CT molecular complexity index is 730. The highest BCUT2D eigenvalue weighted by atomic mass is 32.2. The molecule has 1 N–H and O–H groups in total. The number of aromatic nitrogens is 2. The summed E-state index contributed by atoms with van der Waals surface area (Å²) in [6.45, 7) is 5.72. The van der Waals surface area contributed by atoms with E-state index < -0.39 is 10.0 Å². The Balaban J connectivity index is 1.87. The molecule has 3 rings (SSSR count). The van der Waals surface area contributed by atoms with E-state index in [4.69, 9.17) is 0 Å². The van der Waals surface area contributed by atoms with Gasteiger partial charge >= 0.3 is 0 Å². The number of rotatable bonds is 6. The maximum atomic E-state index is 13.1. The van der Waals surface area contributed by atoms with Gasteiger partial charge in [0.1, 0.15) is 0 Å². The Morgan fingerprint density at radius 1 is 1.23 bits per heavy atom. The molecule has 0 radical (unpaired) electrons. The fraction of sp³-hybridized carbons (Fsp3) is 0.778. The number of carbonyl (C=O) groups is 1. The SMILES string of the molecule is CCCn1cc(C(=O)NC2CCCC2)c(S(=O)(=O)N2CCC(C)CC2)n1. The molecule has 1 aliphatic carbocycles. The predicted octanol–water partition coefficient (Wildman–Crippen LogP) is 2.39. The first-order valence-corrected chi connectivity index (χ1v) is 11.2. The number of aryl methyl sites for hydroxylation is 1. The van der Waals surface area contributed by atoms with Crippen molar-refractivity contribution in [2.24, 2.45) is 5.92 Å². The van der Waals surface area contributed by atoms with Crippen LogP contribution in [0, 0.1) is 5.92 Å². The van der Waals surface area contributed by atoms with Crippen molar-refractivity contribution >= 4 is 15.9 Å². The summed E-state index contributed by atoms with van der Waals surface area (Å²) < 4.78 is 29.4. The zero-order valence-corrected chi connectivity index (χ0v) is 16.6. The lowest BCUT2D eigenvalue weighted by atomic mass is 10.0. The zero-order chi connectivity index (χ0) is 18.7. The van der Waals surface area contributed by atoms with Crippen molar-refractivity contribution in [1.29, 1.82) is 0 Å². The maximum absolute atomic E-state index is 13.1. The second-order valence-electron chi connectivity index (χ2n) is 7.65. The third kappa shape index (κ3) is 4.11. The summed E-state index contributed by atoms with van der Waals surface area (Å²) in [6, 6.07) is 0.142. The number of sulfonamides is 1. The molecular formula is C18H30N4O3S. The molecule has 1 saturated heterocycles. The maximum Gasteiger partial charge on any atom is 0.263 e. The first kappa shape index (κ1) is 19.4. The molecule has 146 valence electrons. The highest BCUT2D eigenvalue weighted by molar-refractivity contribution is 7.89. The lowest BCUT2D eigenvalue weighted by Gasteiger charge is -2.28. The lowest BCUT2D eigenvalue weighted by molar-refractivity contribution is 0.0934. The highest BCUT2D eigenvalue weighted by Gasteiger charge is 2.35. The van der Waals surface area contributed by atoms with Crippen LogP contribution in [-0.2, 0) is 16.6 Å². The van der Waals surface area contributed by atoms with Crippen LogP contribution in [-0.4, -0.2) is 47.5 Å². The minimum atomic E-state index is -3.75. The molecule has 0 unspecified atom stereocenters. The topological polar surface area (TPSA) is 84.3 Å². The molecule has 7 nitrogen and oxygen atoms in total. The van der Waals surface area contributed by atoms with Crippen molar-refractivity contribution in [3.05, 3.63) is 11.8 Å². The van der Waals surface area contributed by atoms with Gasteiger partial charge < -0.3 is 5.32 Å². The van der Waals surface area contributed by atoms with Crippen LogP contribution in [0.1, 0.15) is 69.2 Å². The van der Waals surface area contributed by atoms with E-state index >= 15 is 0 Å². The minimum Gasteiger partial charge on any atom is -0.349 e. The predicted molar refractivity (Wildman–Crippen MR) is 99.4 cm³/mol. The van der Waals surface area contributed by atoms with Gasteiger partial charge in [0.15, 0.2) is 0 Å². The molecule has 0 bridgehead atoms. The summed E-state index contributed by atoms with van der Waals surface area (Å²) in [6.07, 6.45) is 8.24. The minimum absolute atomic E-state index is 0.0870. The summed E-state index contributed by atoms with van der Waals surface area (Å²) in [5.41, 5.74) is 0.184. The number of carbonyl (C=O) groups excluding carboxylic acids is 1. The summed E-state index contributed by atoms with van der Waals surface area (Å²) in [7, 11) is -3.75. The van der Waals surface area contributed by atoms with Crippen molar-refractivity contribution in [2.75, 3.05) is 13.1 Å². The Hall–Kier alpha value is -1.41. The molecule has 1 saturated carbocycles. The smallest absolute Gasteiger partial charge is 0.263 e. The van der Waals surface area contributed by atoms with E-state index in [2.05, 4.69) is 17.3 Å². The summed E-state index contributed by atoms with van der Waals surface area (Å²) in [5, 5.41) is 7.20. The van der Waals surface area contributed by atoms with Gasteiger partial charge in [-0.15, -0.1) is 0 Å². The molecule has 2 heterocycles. The number of nitrogens with one attached hydrogen (secondary N) is 1. The van der Waals surface area contributed by atoms with Gasteiger partial charge in [0.05, 0.1) is 5.56 Å². The van der Waals surface area contributed by atoms with E-state index in [1.54, 1.807) is 10.9 Å². The second kappa shape index (κ2) is 8.08. The van der Waals surface area contributed by atoms with Gasteiger partial charge in [-0.05, 0) is 38.0 Å². The summed E-state index contributed by atoms with van der Waals surface area (Å²) >= 11 is 0. The van der Waals surface area contributed by atoms with Gasteiger partial charge in [0, 0.05) is 31.9 Å². The zero-order valence-electron chi connectivity index (χ0n) is 15.8. The van der Waals surface area contributed by atoms with Gasteiger partial charge in [0.2, 0.25) is 5.03 Å². The Kier molecular flexibility index (Phi) is 6.02. The van der Waals surface area contributed by atoms with Crippen molar-refractivity contribution in [3.8, 4) is 0 Å². The number of piperidine rings is 1. The molecule has 1 amide bonds. The molecule has 0 spiro atoms. The van der Waals surface area contributed by atoms with E-state index in [0.29, 0.717) is 25.6 Å². The summed E-state index contributed by atoms with van der Waals surface area (Å²) in [4.78, 5) is 12.8. The van der Waals surface area contributed by atoms with E-state index in [-0.39, 0.29) is 22.5 Å². The standard InChI is InChI=1S/C18H30N4O3S/c1-3-10-21-13-16(17(23)19-15-6-4-5-7-15)18(20-21)26(24,25)22-11-8-14(2)9-12-22/h13-15H,3-12H2,1-2H3,(H,19,23). The highest BCUT2D eigenvalue weighted by Crippen LogP contribution is 2.25. The van der Waals surface area contributed by atoms with Crippen molar-refractivity contribution in [1.82, 2.24) is 19.4 Å². The number of hydrogen-bond donors (Lipinski definition) is 1. The third-order valence-electron chi connectivity index (χ3n) is 5.44. The molecule has 8 heteroatoms. The fourth-order valence-electron chi connectivity index (χ4n) is 3.77. The lowest BCUT2D eigenvalue weighted by Crippen LogP contribution is -2.39.